The van der Waals surface area contributed by atoms with Crippen LogP contribution in [-0.4, -0.2) is 26.4 Å². The summed E-state index contributed by atoms with van der Waals surface area (Å²) in [7, 11) is 0. The Bertz CT molecular complexity index is 136. The van der Waals surface area contributed by atoms with Crippen molar-refractivity contribution >= 4 is 0 Å². The molecule has 0 spiro atoms. The van der Waals surface area contributed by atoms with Crippen LogP contribution in [0.4, 0.5) is 0 Å². The molecule has 0 saturated carbocycles. The first kappa shape index (κ1) is 7.56. The summed E-state index contributed by atoms with van der Waals surface area (Å²) in [6.07, 6.45) is 1.20. The standard InChI is InChI=1S/C9H16O2/c1-7-4-10-3-2-8-5-11-6-9(7)8/h7-9H,2-6H2,1H3. The van der Waals surface area contributed by atoms with Gasteiger partial charge in [-0.1, -0.05) is 6.92 Å². The number of hydrogen-bond acceptors (Lipinski definition) is 2. The van der Waals surface area contributed by atoms with E-state index in [1.807, 2.05) is 0 Å². The van der Waals surface area contributed by atoms with Gasteiger partial charge in [-0.05, 0) is 24.2 Å². The monoisotopic (exact) mass is 156 g/mol. The minimum Gasteiger partial charge on any atom is -0.381 e. The van der Waals surface area contributed by atoms with Gasteiger partial charge in [-0.15, -0.1) is 0 Å². The average Bonchev–Trinajstić information content (AvgIpc) is 2.40. The molecule has 0 aromatic carbocycles. The zero-order valence-corrected chi connectivity index (χ0v) is 7.08. The van der Waals surface area contributed by atoms with Gasteiger partial charge in [0.05, 0.1) is 6.61 Å². The first-order valence-electron chi connectivity index (χ1n) is 4.53. The summed E-state index contributed by atoms with van der Waals surface area (Å²) in [6.45, 7) is 6.09. The van der Waals surface area contributed by atoms with E-state index in [9.17, 15) is 0 Å². The zero-order valence-electron chi connectivity index (χ0n) is 7.08. The third-order valence-corrected chi connectivity index (χ3v) is 2.99. The Labute approximate surface area is 67.9 Å². The maximum Gasteiger partial charge on any atom is 0.0501 e. The largest absolute Gasteiger partial charge is 0.381 e. The van der Waals surface area contributed by atoms with Gasteiger partial charge in [-0.3, -0.25) is 0 Å². The Morgan fingerprint density at radius 2 is 2.00 bits per heavy atom. The first-order valence-corrected chi connectivity index (χ1v) is 4.53. The molecule has 2 aliphatic heterocycles. The summed E-state index contributed by atoms with van der Waals surface area (Å²) in [5.74, 6) is 2.26. The number of hydrogen-bond donors (Lipinski definition) is 0. The van der Waals surface area contributed by atoms with Gasteiger partial charge in [0, 0.05) is 19.8 Å². The highest BCUT2D eigenvalue weighted by Crippen LogP contribution is 2.32. The summed E-state index contributed by atoms with van der Waals surface area (Å²) < 4.78 is 10.9. The summed E-state index contributed by atoms with van der Waals surface area (Å²) >= 11 is 0. The van der Waals surface area contributed by atoms with E-state index in [2.05, 4.69) is 6.92 Å². The van der Waals surface area contributed by atoms with Crippen molar-refractivity contribution in [1.29, 1.82) is 0 Å². The Kier molecular flexibility index (Phi) is 2.14. The van der Waals surface area contributed by atoms with Crippen LogP contribution in [0.15, 0.2) is 0 Å². The molecule has 2 aliphatic rings. The van der Waals surface area contributed by atoms with Crippen molar-refractivity contribution < 1.29 is 9.47 Å². The van der Waals surface area contributed by atoms with E-state index in [4.69, 9.17) is 9.47 Å². The van der Waals surface area contributed by atoms with Crippen LogP contribution < -0.4 is 0 Å². The molecule has 3 atom stereocenters. The first-order chi connectivity index (χ1) is 5.38. The van der Waals surface area contributed by atoms with E-state index in [0.717, 1.165) is 38.3 Å². The van der Waals surface area contributed by atoms with Gasteiger partial charge in [-0.25, -0.2) is 0 Å². The van der Waals surface area contributed by atoms with Gasteiger partial charge in [0.25, 0.3) is 0 Å². The third kappa shape index (κ3) is 1.42. The van der Waals surface area contributed by atoms with Crippen LogP contribution in [0.2, 0.25) is 0 Å². The molecule has 2 saturated heterocycles. The molecule has 3 unspecified atom stereocenters. The van der Waals surface area contributed by atoms with Gasteiger partial charge in [0.1, 0.15) is 0 Å². The summed E-state index contributed by atoms with van der Waals surface area (Å²) in [6, 6.07) is 0. The smallest absolute Gasteiger partial charge is 0.0501 e. The molecule has 2 rings (SSSR count). The van der Waals surface area contributed by atoms with Crippen LogP contribution in [0, 0.1) is 17.8 Å². The molecule has 0 radical (unpaired) electrons. The maximum atomic E-state index is 5.49. The van der Waals surface area contributed by atoms with Gasteiger partial charge >= 0.3 is 0 Å². The molecular formula is C9H16O2. The highest BCUT2D eigenvalue weighted by Gasteiger charge is 2.33. The molecule has 0 amide bonds. The molecule has 2 heteroatoms. The van der Waals surface area contributed by atoms with E-state index in [1.54, 1.807) is 0 Å². The van der Waals surface area contributed by atoms with Gasteiger partial charge in [0.2, 0.25) is 0 Å². The van der Waals surface area contributed by atoms with Crippen LogP contribution >= 0.6 is 0 Å². The highest BCUT2D eigenvalue weighted by molar-refractivity contribution is 4.81. The van der Waals surface area contributed by atoms with Crippen LogP contribution in [0.5, 0.6) is 0 Å². The maximum absolute atomic E-state index is 5.49. The Balaban J connectivity index is 2.03. The summed E-state index contributed by atoms with van der Waals surface area (Å²) in [4.78, 5) is 0. The van der Waals surface area contributed by atoms with Gasteiger partial charge < -0.3 is 9.47 Å². The Morgan fingerprint density at radius 3 is 2.91 bits per heavy atom. The van der Waals surface area contributed by atoms with E-state index in [-0.39, 0.29) is 0 Å². The second-order valence-electron chi connectivity index (χ2n) is 3.80. The minimum absolute atomic E-state index is 0.699. The van der Waals surface area contributed by atoms with Crippen molar-refractivity contribution in [2.24, 2.45) is 17.8 Å². The Morgan fingerprint density at radius 1 is 1.09 bits per heavy atom. The topological polar surface area (TPSA) is 18.5 Å². The van der Waals surface area contributed by atoms with Crippen LogP contribution in [-0.2, 0) is 9.47 Å². The predicted molar refractivity (Wildman–Crippen MR) is 42.4 cm³/mol. The fraction of sp³-hybridized carbons (Fsp3) is 1.00. The van der Waals surface area contributed by atoms with E-state index in [1.165, 1.54) is 6.42 Å². The van der Waals surface area contributed by atoms with Crippen molar-refractivity contribution in [2.75, 3.05) is 26.4 Å². The van der Waals surface area contributed by atoms with Crippen molar-refractivity contribution in [3.63, 3.8) is 0 Å². The van der Waals surface area contributed by atoms with Crippen molar-refractivity contribution in [1.82, 2.24) is 0 Å². The van der Waals surface area contributed by atoms with Gasteiger partial charge in [0.15, 0.2) is 0 Å². The fourth-order valence-corrected chi connectivity index (χ4v) is 2.17. The van der Waals surface area contributed by atoms with Crippen molar-refractivity contribution in [3.05, 3.63) is 0 Å². The predicted octanol–water partition coefficient (Wildman–Crippen LogP) is 1.31. The number of ether oxygens (including phenoxy) is 2. The Hall–Kier alpha value is -0.0800. The number of fused-ring (bicyclic) bond motifs is 1. The molecule has 0 aromatic rings. The second kappa shape index (κ2) is 3.11. The van der Waals surface area contributed by atoms with Crippen LogP contribution in [0.25, 0.3) is 0 Å². The van der Waals surface area contributed by atoms with Crippen molar-refractivity contribution in [2.45, 2.75) is 13.3 Å². The van der Waals surface area contributed by atoms with E-state index >= 15 is 0 Å². The SMILES string of the molecule is CC1COCCC2COCC12. The lowest BCUT2D eigenvalue weighted by atomic mass is 9.85. The van der Waals surface area contributed by atoms with E-state index < -0.39 is 0 Å². The second-order valence-corrected chi connectivity index (χ2v) is 3.80. The molecule has 0 aliphatic carbocycles. The minimum atomic E-state index is 0.699. The summed E-state index contributed by atoms with van der Waals surface area (Å²) in [5.41, 5.74) is 0. The lowest BCUT2D eigenvalue weighted by molar-refractivity contribution is 0.0916. The lowest BCUT2D eigenvalue weighted by Crippen LogP contribution is -2.20. The molecule has 0 N–H and O–H groups in total. The molecule has 64 valence electrons. The quantitative estimate of drug-likeness (QED) is 0.526. The van der Waals surface area contributed by atoms with Crippen LogP contribution in [0.3, 0.4) is 0 Å². The molecule has 2 heterocycles. The average molecular weight is 156 g/mol. The normalized spacial score (nSPS) is 45.0. The lowest BCUT2D eigenvalue weighted by Gasteiger charge is -2.18. The van der Waals surface area contributed by atoms with Gasteiger partial charge in [-0.2, -0.15) is 0 Å². The fourth-order valence-electron chi connectivity index (χ4n) is 2.17. The molecule has 2 nitrogen and oxygen atoms in total. The summed E-state index contributed by atoms with van der Waals surface area (Å²) in [5, 5.41) is 0. The highest BCUT2D eigenvalue weighted by atomic mass is 16.5. The third-order valence-electron chi connectivity index (χ3n) is 2.99. The van der Waals surface area contributed by atoms with Crippen molar-refractivity contribution in [3.8, 4) is 0 Å². The molecular weight excluding hydrogens is 140 g/mol. The zero-order chi connectivity index (χ0) is 7.68. The molecule has 11 heavy (non-hydrogen) atoms. The number of rotatable bonds is 0. The molecule has 2 fully saturated rings. The van der Waals surface area contributed by atoms with E-state index in [0.29, 0.717) is 5.92 Å². The molecule has 0 bridgehead atoms. The van der Waals surface area contributed by atoms with Crippen LogP contribution in [0.1, 0.15) is 13.3 Å². The molecule has 0 aromatic heterocycles.